The maximum Gasteiger partial charge on any atom is 0.339 e. The Balaban J connectivity index is 1.80. The van der Waals surface area contributed by atoms with E-state index in [0.29, 0.717) is 17.3 Å². The Bertz CT molecular complexity index is 809. The topological polar surface area (TPSA) is 136 Å². The fourth-order valence-electron chi connectivity index (χ4n) is 2.78. The monoisotopic (exact) mass is 353 g/mol. The zero-order valence-electron chi connectivity index (χ0n) is 14.1. The van der Waals surface area contributed by atoms with Gasteiger partial charge in [0.15, 0.2) is 5.69 Å². The standard InChI is InChI=1S/C17H19N7O2/c18-7-12-8-21-16(10-20-12)24-15-6-14(13(9-22-15)17(25)26)23-11-2-1-4-19-5-3-11/h6,8-11,19H,1-5H2,(H,25,26)(H2,21,22,23,24). The van der Waals surface area contributed by atoms with Crippen LogP contribution in [0.3, 0.4) is 0 Å². The molecule has 1 saturated heterocycles. The maximum atomic E-state index is 11.5. The number of hydrogen-bond donors (Lipinski definition) is 4. The fraction of sp³-hybridized carbons (Fsp3) is 0.353. The third-order valence-corrected chi connectivity index (χ3v) is 4.09. The summed E-state index contributed by atoms with van der Waals surface area (Å²) in [6, 6.07) is 3.76. The van der Waals surface area contributed by atoms with Gasteiger partial charge in [-0.05, 0) is 32.4 Å². The van der Waals surface area contributed by atoms with Gasteiger partial charge in [0.25, 0.3) is 0 Å². The van der Waals surface area contributed by atoms with Gasteiger partial charge in [-0.1, -0.05) is 0 Å². The van der Waals surface area contributed by atoms with Gasteiger partial charge in [0.2, 0.25) is 0 Å². The Kier molecular flexibility index (Phi) is 5.56. The Morgan fingerprint density at radius 1 is 1.19 bits per heavy atom. The number of hydrogen-bond acceptors (Lipinski definition) is 8. The van der Waals surface area contributed by atoms with Crippen LogP contribution in [0.15, 0.2) is 24.7 Å². The predicted octanol–water partition coefficient (Wildman–Crippen LogP) is 1.74. The number of aromatic carboxylic acids is 1. The molecule has 26 heavy (non-hydrogen) atoms. The van der Waals surface area contributed by atoms with Crippen LogP contribution in [0.2, 0.25) is 0 Å². The van der Waals surface area contributed by atoms with Gasteiger partial charge in [-0.3, -0.25) is 0 Å². The third-order valence-electron chi connectivity index (χ3n) is 4.09. The second-order valence-corrected chi connectivity index (χ2v) is 5.97. The molecular weight excluding hydrogens is 334 g/mol. The number of carboxylic acids is 1. The van der Waals surface area contributed by atoms with E-state index in [1.54, 1.807) is 6.07 Å². The molecule has 1 aliphatic heterocycles. The largest absolute Gasteiger partial charge is 0.478 e. The molecule has 3 rings (SSSR count). The first-order valence-electron chi connectivity index (χ1n) is 8.35. The van der Waals surface area contributed by atoms with Gasteiger partial charge in [0, 0.05) is 18.3 Å². The summed E-state index contributed by atoms with van der Waals surface area (Å²) in [6.45, 7) is 1.88. The molecule has 1 atom stereocenters. The molecular formula is C17H19N7O2. The quantitative estimate of drug-likeness (QED) is 0.633. The smallest absolute Gasteiger partial charge is 0.339 e. The van der Waals surface area contributed by atoms with Crippen LogP contribution in [0.25, 0.3) is 0 Å². The van der Waals surface area contributed by atoms with Gasteiger partial charge in [0.1, 0.15) is 23.3 Å². The summed E-state index contributed by atoms with van der Waals surface area (Å²) in [4.78, 5) is 23.7. The van der Waals surface area contributed by atoms with Crippen LogP contribution in [0.4, 0.5) is 17.3 Å². The van der Waals surface area contributed by atoms with Crippen LogP contribution in [0.5, 0.6) is 0 Å². The number of carbonyl (C=O) groups is 1. The van der Waals surface area contributed by atoms with Crippen molar-refractivity contribution in [3.63, 3.8) is 0 Å². The van der Waals surface area contributed by atoms with Crippen LogP contribution >= 0.6 is 0 Å². The zero-order chi connectivity index (χ0) is 18.4. The Labute approximate surface area is 150 Å². The molecule has 0 aromatic carbocycles. The molecule has 4 N–H and O–H groups in total. The minimum atomic E-state index is -1.03. The van der Waals surface area contributed by atoms with Crippen LogP contribution in [0, 0.1) is 11.3 Å². The maximum absolute atomic E-state index is 11.5. The predicted molar refractivity (Wildman–Crippen MR) is 95.4 cm³/mol. The average molecular weight is 353 g/mol. The minimum Gasteiger partial charge on any atom is -0.478 e. The van der Waals surface area contributed by atoms with Crippen LogP contribution in [-0.2, 0) is 0 Å². The number of anilines is 3. The van der Waals surface area contributed by atoms with E-state index in [4.69, 9.17) is 5.26 Å². The molecule has 9 nitrogen and oxygen atoms in total. The summed E-state index contributed by atoms with van der Waals surface area (Å²) in [7, 11) is 0. The number of pyridine rings is 1. The minimum absolute atomic E-state index is 0.124. The number of nitrogens with one attached hydrogen (secondary N) is 3. The van der Waals surface area contributed by atoms with Crippen molar-refractivity contribution in [1.82, 2.24) is 20.3 Å². The van der Waals surface area contributed by atoms with Gasteiger partial charge < -0.3 is 21.1 Å². The first-order chi connectivity index (χ1) is 12.7. The number of nitriles is 1. The molecule has 0 saturated carbocycles. The highest BCUT2D eigenvalue weighted by molar-refractivity contribution is 5.94. The number of aromatic nitrogens is 3. The first kappa shape index (κ1) is 17.6. The van der Waals surface area contributed by atoms with Crippen molar-refractivity contribution in [3.8, 4) is 6.07 Å². The first-order valence-corrected chi connectivity index (χ1v) is 8.35. The normalized spacial score (nSPS) is 17.0. The van der Waals surface area contributed by atoms with E-state index in [1.807, 2.05) is 6.07 Å². The van der Waals surface area contributed by atoms with Crippen molar-refractivity contribution in [2.45, 2.75) is 25.3 Å². The summed E-state index contributed by atoms with van der Waals surface area (Å²) in [5, 5.41) is 27.8. The molecule has 2 aromatic heterocycles. The van der Waals surface area contributed by atoms with E-state index in [2.05, 4.69) is 30.9 Å². The lowest BCUT2D eigenvalue weighted by Crippen LogP contribution is -2.23. The van der Waals surface area contributed by atoms with Crippen molar-refractivity contribution in [1.29, 1.82) is 5.26 Å². The Morgan fingerprint density at radius 3 is 2.77 bits per heavy atom. The molecule has 0 radical (unpaired) electrons. The van der Waals surface area contributed by atoms with E-state index in [9.17, 15) is 9.90 Å². The Hall–Kier alpha value is -3.25. The molecule has 0 aliphatic carbocycles. The van der Waals surface area contributed by atoms with Crippen LogP contribution in [-0.4, -0.2) is 45.2 Å². The molecule has 1 fully saturated rings. The van der Waals surface area contributed by atoms with Gasteiger partial charge in [-0.15, -0.1) is 0 Å². The van der Waals surface area contributed by atoms with Gasteiger partial charge in [0.05, 0.1) is 18.1 Å². The molecule has 9 heteroatoms. The van der Waals surface area contributed by atoms with Crippen LogP contribution < -0.4 is 16.0 Å². The van der Waals surface area contributed by atoms with E-state index in [0.717, 1.165) is 32.4 Å². The van der Waals surface area contributed by atoms with E-state index in [-0.39, 0.29) is 17.3 Å². The molecule has 134 valence electrons. The van der Waals surface area contributed by atoms with Gasteiger partial charge >= 0.3 is 5.97 Å². The van der Waals surface area contributed by atoms with Crippen molar-refractivity contribution in [2.75, 3.05) is 23.7 Å². The highest BCUT2D eigenvalue weighted by Gasteiger charge is 2.17. The molecule has 2 aromatic rings. The summed E-state index contributed by atoms with van der Waals surface area (Å²) in [6.07, 6.45) is 7.03. The second-order valence-electron chi connectivity index (χ2n) is 5.97. The van der Waals surface area contributed by atoms with E-state index in [1.165, 1.54) is 18.6 Å². The van der Waals surface area contributed by atoms with Gasteiger partial charge in [-0.2, -0.15) is 5.26 Å². The van der Waals surface area contributed by atoms with Crippen molar-refractivity contribution < 1.29 is 9.90 Å². The summed E-state index contributed by atoms with van der Waals surface area (Å²) in [5.41, 5.74) is 0.858. The summed E-state index contributed by atoms with van der Waals surface area (Å²) < 4.78 is 0. The molecule has 3 heterocycles. The lowest BCUT2D eigenvalue weighted by atomic mass is 10.1. The van der Waals surface area contributed by atoms with Crippen molar-refractivity contribution >= 4 is 23.3 Å². The number of rotatable bonds is 5. The van der Waals surface area contributed by atoms with E-state index < -0.39 is 5.97 Å². The lowest BCUT2D eigenvalue weighted by molar-refractivity contribution is 0.0697. The molecule has 0 amide bonds. The van der Waals surface area contributed by atoms with Crippen LogP contribution in [0.1, 0.15) is 35.3 Å². The SMILES string of the molecule is N#Cc1cnc(Nc2cc(NC3CCCNCC3)c(C(=O)O)cn2)cn1. The van der Waals surface area contributed by atoms with Crippen molar-refractivity contribution in [3.05, 3.63) is 35.9 Å². The Morgan fingerprint density at radius 2 is 2.04 bits per heavy atom. The average Bonchev–Trinajstić information content (AvgIpc) is 2.91. The van der Waals surface area contributed by atoms with E-state index >= 15 is 0 Å². The number of carboxylic acid groups (broad SMARTS) is 1. The highest BCUT2D eigenvalue weighted by atomic mass is 16.4. The second kappa shape index (κ2) is 8.22. The van der Waals surface area contributed by atoms with Crippen molar-refractivity contribution in [2.24, 2.45) is 0 Å². The number of nitrogens with zero attached hydrogens (tertiary/aromatic N) is 4. The molecule has 0 spiro atoms. The third kappa shape index (κ3) is 4.43. The summed E-state index contributed by atoms with van der Waals surface area (Å²) >= 11 is 0. The fourth-order valence-corrected chi connectivity index (χ4v) is 2.78. The zero-order valence-corrected chi connectivity index (χ0v) is 14.1. The van der Waals surface area contributed by atoms with Gasteiger partial charge in [-0.25, -0.2) is 19.7 Å². The molecule has 1 aliphatic rings. The lowest BCUT2D eigenvalue weighted by Gasteiger charge is -2.19. The molecule has 1 unspecified atom stereocenters. The molecule has 0 bridgehead atoms. The highest BCUT2D eigenvalue weighted by Crippen LogP contribution is 2.23. The summed E-state index contributed by atoms with van der Waals surface area (Å²) in [5.74, 6) is -0.163.